The van der Waals surface area contributed by atoms with Crippen LogP contribution in [0.1, 0.15) is 37.5 Å². The van der Waals surface area contributed by atoms with Gasteiger partial charge in [-0.1, -0.05) is 36.6 Å². The molecule has 0 bridgehead atoms. The van der Waals surface area contributed by atoms with Crippen molar-refractivity contribution in [2.24, 2.45) is 5.92 Å². The summed E-state index contributed by atoms with van der Waals surface area (Å²) in [7, 11) is 0. The Balaban J connectivity index is 1.71. The van der Waals surface area contributed by atoms with E-state index in [1.165, 1.54) is 31.2 Å². The number of hydrogen-bond acceptors (Lipinski definition) is 2. The van der Waals surface area contributed by atoms with Crippen molar-refractivity contribution in [2.75, 3.05) is 6.61 Å². The highest BCUT2D eigenvalue weighted by molar-refractivity contribution is 6.30. The molecule has 1 aromatic carbocycles. The van der Waals surface area contributed by atoms with Gasteiger partial charge in [-0.25, -0.2) is 0 Å². The minimum atomic E-state index is 0.0478. The lowest BCUT2D eigenvalue weighted by molar-refractivity contribution is -0.0640. The number of hydrogen-bond donors (Lipinski definition) is 1. The van der Waals surface area contributed by atoms with Gasteiger partial charge in [0.25, 0.3) is 0 Å². The van der Waals surface area contributed by atoms with Crippen molar-refractivity contribution in [2.45, 2.75) is 38.0 Å². The minimum absolute atomic E-state index is 0.0478. The summed E-state index contributed by atoms with van der Waals surface area (Å²) in [5.74, 6) is 0.715. The first-order valence-electron chi connectivity index (χ1n) is 6.46. The molecule has 92 valence electrons. The van der Waals surface area contributed by atoms with Crippen LogP contribution in [-0.4, -0.2) is 12.6 Å². The molecule has 1 N–H and O–H groups in total. The van der Waals surface area contributed by atoms with E-state index in [-0.39, 0.29) is 6.23 Å². The normalized spacial score (nSPS) is 33.1. The first-order chi connectivity index (χ1) is 8.33. The molecule has 0 unspecified atom stereocenters. The van der Waals surface area contributed by atoms with Crippen LogP contribution in [-0.2, 0) is 4.74 Å². The Kier molecular flexibility index (Phi) is 3.37. The predicted molar refractivity (Wildman–Crippen MR) is 69.0 cm³/mol. The van der Waals surface area contributed by atoms with E-state index in [0.29, 0.717) is 12.0 Å². The molecule has 2 nitrogen and oxygen atoms in total. The monoisotopic (exact) mass is 251 g/mol. The first-order valence-corrected chi connectivity index (χ1v) is 6.84. The molecule has 0 radical (unpaired) electrons. The molecule has 1 aliphatic carbocycles. The summed E-state index contributed by atoms with van der Waals surface area (Å²) < 4.78 is 5.92. The first kappa shape index (κ1) is 11.5. The van der Waals surface area contributed by atoms with E-state index >= 15 is 0 Å². The molecule has 0 aromatic heterocycles. The van der Waals surface area contributed by atoms with Crippen LogP contribution in [0.4, 0.5) is 0 Å². The van der Waals surface area contributed by atoms with Crippen molar-refractivity contribution >= 4 is 11.6 Å². The van der Waals surface area contributed by atoms with Crippen molar-refractivity contribution in [3.63, 3.8) is 0 Å². The second-order valence-electron chi connectivity index (χ2n) is 5.08. The lowest BCUT2D eigenvalue weighted by Crippen LogP contribution is -2.48. The number of ether oxygens (including phenoxy) is 1. The summed E-state index contributed by atoms with van der Waals surface area (Å²) in [5, 5.41) is 4.40. The molecule has 0 amide bonds. The number of rotatable bonds is 1. The average Bonchev–Trinajstić information content (AvgIpc) is 2.39. The third-order valence-corrected chi connectivity index (χ3v) is 4.18. The van der Waals surface area contributed by atoms with E-state index < -0.39 is 0 Å². The molecular weight excluding hydrogens is 234 g/mol. The molecule has 3 heteroatoms. The molecule has 0 spiro atoms. The Morgan fingerprint density at radius 3 is 2.71 bits per heavy atom. The fraction of sp³-hybridized carbons (Fsp3) is 0.571. The highest BCUT2D eigenvalue weighted by Crippen LogP contribution is 2.32. The Hall–Kier alpha value is -0.570. The van der Waals surface area contributed by atoms with Crippen LogP contribution in [0.5, 0.6) is 0 Å². The van der Waals surface area contributed by atoms with Crippen molar-refractivity contribution in [3.05, 3.63) is 34.9 Å². The Morgan fingerprint density at radius 1 is 1.12 bits per heavy atom. The summed E-state index contributed by atoms with van der Waals surface area (Å²) in [6.45, 7) is 0.894. The van der Waals surface area contributed by atoms with Crippen LogP contribution in [0.3, 0.4) is 0 Å². The molecule has 2 aliphatic rings. The second kappa shape index (κ2) is 4.97. The molecule has 1 aliphatic heterocycles. The molecule has 2 fully saturated rings. The van der Waals surface area contributed by atoms with Gasteiger partial charge < -0.3 is 4.74 Å². The zero-order valence-electron chi connectivity index (χ0n) is 9.86. The summed E-state index contributed by atoms with van der Waals surface area (Å²) in [4.78, 5) is 0. The van der Waals surface area contributed by atoms with Crippen LogP contribution in [0.2, 0.25) is 5.02 Å². The lowest BCUT2D eigenvalue weighted by atomic mass is 9.84. The van der Waals surface area contributed by atoms with Crippen molar-refractivity contribution in [1.29, 1.82) is 0 Å². The Bertz CT molecular complexity index is 378. The third kappa shape index (κ3) is 2.49. The van der Waals surface area contributed by atoms with Gasteiger partial charge in [0, 0.05) is 11.1 Å². The van der Waals surface area contributed by atoms with Crippen LogP contribution < -0.4 is 5.32 Å². The van der Waals surface area contributed by atoms with E-state index in [9.17, 15) is 0 Å². The number of benzene rings is 1. The summed E-state index contributed by atoms with van der Waals surface area (Å²) >= 11 is 5.90. The van der Waals surface area contributed by atoms with Gasteiger partial charge >= 0.3 is 0 Å². The van der Waals surface area contributed by atoms with E-state index in [2.05, 4.69) is 5.32 Å². The van der Waals surface area contributed by atoms with E-state index in [1.807, 2.05) is 24.3 Å². The summed E-state index contributed by atoms with van der Waals surface area (Å²) in [6, 6.07) is 8.58. The average molecular weight is 252 g/mol. The Morgan fingerprint density at radius 2 is 1.88 bits per heavy atom. The lowest BCUT2D eigenvalue weighted by Gasteiger charge is -2.40. The zero-order valence-corrected chi connectivity index (χ0v) is 10.6. The molecule has 1 heterocycles. The maximum Gasteiger partial charge on any atom is 0.134 e. The van der Waals surface area contributed by atoms with Crippen LogP contribution >= 0.6 is 11.6 Å². The van der Waals surface area contributed by atoms with Gasteiger partial charge in [-0.05, 0) is 36.5 Å². The fourth-order valence-electron chi connectivity index (χ4n) is 2.92. The SMILES string of the molecule is Clc1ccc([C@@H]2N[C@@H]3CCCC[C@H]3CO2)cc1. The molecule has 1 saturated carbocycles. The molecular formula is C14H18ClNO. The van der Waals surface area contributed by atoms with Gasteiger partial charge in [0.1, 0.15) is 6.23 Å². The highest BCUT2D eigenvalue weighted by Gasteiger charge is 2.32. The third-order valence-electron chi connectivity index (χ3n) is 3.92. The van der Waals surface area contributed by atoms with Gasteiger partial charge in [0.2, 0.25) is 0 Å². The predicted octanol–water partition coefficient (Wildman–Crippen LogP) is 3.52. The molecule has 3 atom stereocenters. The van der Waals surface area contributed by atoms with Gasteiger partial charge in [-0.15, -0.1) is 0 Å². The fourth-order valence-corrected chi connectivity index (χ4v) is 3.04. The van der Waals surface area contributed by atoms with E-state index in [4.69, 9.17) is 16.3 Å². The number of fused-ring (bicyclic) bond motifs is 1. The van der Waals surface area contributed by atoms with Gasteiger partial charge in [0.15, 0.2) is 0 Å². The van der Waals surface area contributed by atoms with E-state index in [1.54, 1.807) is 0 Å². The van der Waals surface area contributed by atoms with Crippen LogP contribution in [0.25, 0.3) is 0 Å². The van der Waals surface area contributed by atoms with Crippen molar-refractivity contribution < 1.29 is 4.74 Å². The number of nitrogens with one attached hydrogen (secondary N) is 1. The molecule has 3 rings (SSSR count). The molecule has 17 heavy (non-hydrogen) atoms. The van der Waals surface area contributed by atoms with Crippen LogP contribution in [0, 0.1) is 5.92 Å². The number of halogens is 1. The van der Waals surface area contributed by atoms with Crippen molar-refractivity contribution in [1.82, 2.24) is 5.32 Å². The summed E-state index contributed by atoms with van der Waals surface area (Å²) in [6.07, 6.45) is 5.36. The van der Waals surface area contributed by atoms with Gasteiger partial charge in [0.05, 0.1) is 6.61 Å². The van der Waals surface area contributed by atoms with Crippen LogP contribution in [0.15, 0.2) is 24.3 Å². The topological polar surface area (TPSA) is 21.3 Å². The standard InChI is InChI=1S/C14H18ClNO/c15-12-7-5-10(6-8-12)14-16-13-4-2-1-3-11(13)9-17-14/h5-8,11,13-14,16H,1-4,9H2/t11-,13+,14+/m0/s1. The highest BCUT2D eigenvalue weighted by atomic mass is 35.5. The molecule has 1 aromatic rings. The van der Waals surface area contributed by atoms with Gasteiger partial charge in [-0.2, -0.15) is 0 Å². The van der Waals surface area contributed by atoms with E-state index in [0.717, 1.165) is 11.6 Å². The molecule has 1 saturated heterocycles. The smallest absolute Gasteiger partial charge is 0.134 e. The largest absolute Gasteiger partial charge is 0.359 e. The maximum atomic E-state index is 5.92. The summed E-state index contributed by atoms with van der Waals surface area (Å²) in [5.41, 5.74) is 1.18. The van der Waals surface area contributed by atoms with Gasteiger partial charge in [-0.3, -0.25) is 5.32 Å². The zero-order chi connectivity index (χ0) is 11.7. The Labute approximate surface area is 107 Å². The maximum absolute atomic E-state index is 5.92. The van der Waals surface area contributed by atoms with Crippen molar-refractivity contribution in [3.8, 4) is 0 Å². The minimum Gasteiger partial charge on any atom is -0.359 e. The second-order valence-corrected chi connectivity index (χ2v) is 5.52. The quantitative estimate of drug-likeness (QED) is 0.825.